The van der Waals surface area contributed by atoms with E-state index < -0.39 is 73.3 Å². The van der Waals surface area contributed by atoms with Crippen LogP contribution in [0.5, 0.6) is 0 Å². The summed E-state index contributed by atoms with van der Waals surface area (Å²) in [7, 11) is 0. The number of hydrogen-bond donors (Lipinski definition) is 7. The molecule has 0 aromatic carbocycles. The summed E-state index contributed by atoms with van der Waals surface area (Å²) in [5.41, 5.74) is 0.404. The van der Waals surface area contributed by atoms with Gasteiger partial charge in [0, 0.05) is 0 Å². The van der Waals surface area contributed by atoms with Crippen molar-refractivity contribution in [1.29, 1.82) is 0 Å². The Hall–Kier alpha value is -1.19. The maximum atomic E-state index is 13.1. The van der Waals surface area contributed by atoms with Crippen LogP contribution in [0.4, 0.5) is 0 Å². The lowest BCUT2D eigenvalue weighted by Crippen LogP contribution is -2.66. The maximum absolute atomic E-state index is 13.1. The minimum Gasteiger partial charge on any atom is -0.481 e. The summed E-state index contributed by atoms with van der Waals surface area (Å²) in [6, 6.07) is 0. The van der Waals surface area contributed by atoms with Gasteiger partial charge in [0.25, 0.3) is 0 Å². The lowest BCUT2D eigenvalue weighted by Gasteiger charge is -2.71. The molecular weight excluding hydrogens is 684 g/mol. The molecule has 6 fully saturated rings. The molecule has 0 spiro atoms. The van der Waals surface area contributed by atoms with Gasteiger partial charge in [0.05, 0.1) is 24.7 Å². The molecule has 7 rings (SSSR count). The summed E-state index contributed by atoms with van der Waals surface area (Å²) in [6.07, 6.45) is -2.52. The molecule has 2 heterocycles. The molecule has 19 atom stereocenters. The highest BCUT2D eigenvalue weighted by molar-refractivity contribution is 5.76. The first-order chi connectivity index (χ1) is 24.8. The molecule has 0 aromatic rings. The van der Waals surface area contributed by atoms with Crippen LogP contribution in [0.2, 0.25) is 0 Å². The highest BCUT2D eigenvalue weighted by Crippen LogP contribution is 2.76. The van der Waals surface area contributed by atoms with Crippen molar-refractivity contribution in [2.75, 3.05) is 13.2 Å². The van der Waals surface area contributed by atoms with E-state index in [0.29, 0.717) is 23.7 Å². The Bertz CT molecular complexity index is 1420. The summed E-state index contributed by atoms with van der Waals surface area (Å²) >= 11 is 0. The molecule has 7 aliphatic rings. The number of ether oxygens (including phenoxy) is 4. The zero-order valence-corrected chi connectivity index (χ0v) is 32.7. The molecule has 4 saturated carbocycles. The predicted octanol–water partition coefficient (Wildman–Crippen LogP) is 3.38. The number of aliphatic hydroxyl groups is 6. The van der Waals surface area contributed by atoms with E-state index in [2.05, 4.69) is 54.5 Å². The van der Waals surface area contributed by atoms with E-state index in [1.54, 1.807) is 0 Å². The van der Waals surface area contributed by atoms with Crippen molar-refractivity contribution >= 4 is 5.97 Å². The van der Waals surface area contributed by atoms with Gasteiger partial charge in [-0.15, -0.1) is 0 Å². The number of carbonyl (C=O) groups is 1. The predicted molar refractivity (Wildman–Crippen MR) is 192 cm³/mol. The number of carboxylic acid groups (broad SMARTS) is 1. The molecule has 5 aliphatic carbocycles. The molecule has 0 bridgehead atoms. The minimum absolute atomic E-state index is 0.00515. The fourth-order valence-electron chi connectivity index (χ4n) is 13.6. The van der Waals surface area contributed by atoms with Crippen LogP contribution in [0.15, 0.2) is 11.6 Å². The smallest absolute Gasteiger partial charge is 0.310 e. The normalized spacial score (nSPS) is 55.1. The topological polar surface area (TPSA) is 196 Å². The Morgan fingerprint density at radius 1 is 0.830 bits per heavy atom. The van der Waals surface area contributed by atoms with Crippen LogP contribution in [0, 0.1) is 56.7 Å². The molecule has 12 heteroatoms. The molecule has 2 saturated heterocycles. The van der Waals surface area contributed by atoms with E-state index in [0.717, 1.165) is 57.8 Å². The number of fused-ring (bicyclic) bond motifs is 7. The third-order valence-corrected chi connectivity index (χ3v) is 17.2. The number of carboxylic acids is 1. The van der Waals surface area contributed by atoms with Gasteiger partial charge in [-0.1, -0.05) is 60.1 Å². The zero-order valence-electron chi connectivity index (χ0n) is 32.7. The van der Waals surface area contributed by atoms with Crippen molar-refractivity contribution in [1.82, 2.24) is 0 Å². The van der Waals surface area contributed by atoms with Crippen LogP contribution in [0.1, 0.15) is 106 Å². The molecule has 302 valence electrons. The van der Waals surface area contributed by atoms with Gasteiger partial charge >= 0.3 is 5.97 Å². The molecule has 0 radical (unpaired) electrons. The summed E-state index contributed by atoms with van der Waals surface area (Å²) in [5, 5.41) is 73.6. The summed E-state index contributed by atoms with van der Waals surface area (Å²) in [6.45, 7) is 15.7. The number of rotatable bonds is 6. The number of aliphatic hydroxyl groups excluding tert-OH is 6. The van der Waals surface area contributed by atoms with Crippen LogP contribution < -0.4 is 0 Å². The second kappa shape index (κ2) is 13.7. The van der Waals surface area contributed by atoms with Crippen LogP contribution >= 0.6 is 0 Å². The molecule has 2 aliphatic heterocycles. The van der Waals surface area contributed by atoms with Gasteiger partial charge in [-0.05, 0) is 109 Å². The van der Waals surface area contributed by atoms with Crippen molar-refractivity contribution in [3.63, 3.8) is 0 Å². The SMILES string of the molecule is C[C@H]1[C@H](C)CC[C@]2(C(=O)O)CC[C@]3(C)C(=CC[C@@H]4[C@@]5(C)CC[C@H](O[C@@H]6OC[C@H](O)[C@H](O[C@@H]7O[C@H](CO)[C@@H](O)[C@H](O)[C@H]7O)[C@H]6O)C(C)(C)[C@@H]5CC[C@]43C)[C@H]12. The van der Waals surface area contributed by atoms with Crippen LogP contribution in [0.25, 0.3) is 0 Å². The van der Waals surface area contributed by atoms with Crippen molar-refractivity contribution in [3.8, 4) is 0 Å². The Morgan fingerprint density at radius 2 is 1.55 bits per heavy atom. The highest BCUT2D eigenvalue weighted by atomic mass is 16.7. The maximum Gasteiger partial charge on any atom is 0.310 e. The van der Waals surface area contributed by atoms with Crippen molar-refractivity contribution in [3.05, 3.63) is 11.6 Å². The number of allylic oxidation sites excluding steroid dienone is 2. The lowest BCUT2D eigenvalue weighted by atomic mass is 9.33. The third-order valence-electron chi connectivity index (χ3n) is 17.2. The van der Waals surface area contributed by atoms with E-state index in [9.17, 15) is 40.5 Å². The summed E-state index contributed by atoms with van der Waals surface area (Å²) < 4.78 is 23.8. The summed E-state index contributed by atoms with van der Waals surface area (Å²) in [4.78, 5) is 13.1. The van der Waals surface area contributed by atoms with Crippen LogP contribution in [-0.4, -0.2) is 116 Å². The zero-order chi connectivity index (χ0) is 38.6. The summed E-state index contributed by atoms with van der Waals surface area (Å²) in [5.74, 6) is 1.01. The van der Waals surface area contributed by atoms with Gasteiger partial charge in [0.1, 0.15) is 42.7 Å². The number of aliphatic carboxylic acids is 1. The largest absolute Gasteiger partial charge is 0.481 e. The molecule has 0 amide bonds. The second-order valence-electron chi connectivity index (χ2n) is 19.7. The van der Waals surface area contributed by atoms with Crippen molar-refractivity contribution < 1.29 is 59.5 Å². The second-order valence-corrected chi connectivity index (χ2v) is 19.7. The van der Waals surface area contributed by atoms with E-state index in [-0.39, 0.29) is 40.3 Å². The van der Waals surface area contributed by atoms with E-state index in [1.165, 1.54) is 5.57 Å². The van der Waals surface area contributed by atoms with Gasteiger partial charge in [-0.3, -0.25) is 4.79 Å². The van der Waals surface area contributed by atoms with E-state index >= 15 is 0 Å². The van der Waals surface area contributed by atoms with Crippen molar-refractivity contribution in [2.24, 2.45) is 56.7 Å². The van der Waals surface area contributed by atoms with Crippen LogP contribution in [0.3, 0.4) is 0 Å². The Balaban J connectivity index is 1.10. The van der Waals surface area contributed by atoms with Gasteiger partial charge in [-0.2, -0.15) is 0 Å². The molecule has 0 unspecified atom stereocenters. The van der Waals surface area contributed by atoms with Gasteiger partial charge in [-0.25, -0.2) is 0 Å². The standard InChI is InChI=1S/C41H66O12/c1-20-10-15-41(36(48)49)17-16-39(6)22(28(41)21(20)2)8-9-26-38(5)13-12-27(37(3,4)25(38)11-14-40(26,39)7)52-34-32(47)33(23(43)19-50-34)53-35-31(46)30(45)29(44)24(18-42)51-35/h8,20-21,23-35,42-47H,9-19H2,1-7H3,(H,48,49)/t20-,21+,23+,24-,25+,26-,27+,28+,29-,30+,31-,32-,33+,34+,35+,38+,39-,40-,41+/m1/s1. The van der Waals surface area contributed by atoms with Crippen LogP contribution in [-0.2, 0) is 23.7 Å². The van der Waals surface area contributed by atoms with Gasteiger partial charge in [0.15, 0.2) is 12.6 Å². The Labute approximate surface area is 314 Å². The third kappa shape index (κ3) is 5.77. The fraction of sp³-hybridized carbons (Fsp3) is 0.927. The quantitative estimate of drug-likeness (QED) is 0.155. The molecular formula is C41H66O12. The monoisotopic (exact) mass is 750 g/mol. The lowest BCUT2D eigenvalue weighted by molar-refractivity contribution is -0.357. The van der Waals surface area contributed by atoms with Gasteiger partial charge < -0.3 is 54.7 Å². The Kier molecular flexibility index (Phi) is 10.4. The first-order valence-electron chi connectivity index (χ1n) is 20.3. The highest BCUT2D eigenvalue weighted by Gasteiger charge is 2.70. The fourth-order valence-corrected chi connectivity index (χ4v) is 13.6. The first-order valence-corrected chi connectivity index (χ1v) is 20.3. The average Bonchev–Trinajstić information content (AvgIpc) is 3.10. The van der Waals surface area contributed by atoms with Crippen molar-refractivity contribution in [2.45, 2.75) is 168 Å². The Morgan fingerprint density at radius 3 is 2.23 bits per heavy atom. The number of hydrogen-bond acceptors (Lipinski definition) is 11. The van der Waals surface area contributed by atoms with E-state index in [4.69, 9.17) is 18.9 Å². The first kappa shape index (κ1) is 40.0. The van der Waals surface area contributed by atoms with E-state index in [1.807, 2.05) is 0 Å². The molecule has 7 N–H and O–H groups in total. The van der Waals surface area contributed by atoms with Gasteiger partial charge in [0.2, 0.25) is 0 Å². The molecule has 0 aromatic heterocycles. The average molecular weight is 751 g/mol. The minimum atomic E-state index is -1.68. The molecule has 53 heavy (non-hydrogen) atoms. The molecule has 12 nitrogen and oxygen atoms in total.